The van der Waals surface area contributed by atoms with Gasteiger partial charge in [0.1, 0.15) is 6.26 Å². The predicted molar refractivity (Wildman–Crippen MR) is 53.0 cm³/mol. The van der Waals surface area contributed by atoms with Crippen LogP contribution in [-0.4, -0.2) is 5.78 Å². The number of carbonyl (C=O) groups is 1. The average Bonchev–Trinajstić information content (AvgIpc) is 2.71. The van der Waals surface area contributed by atoms with Gasteiger partial charge in [0, 0.05) is 11.3 Å². The number of ketones is 1. The Bertz CT molecular complexity index is 429. The molecule has 0 bridgehead atoms. The molecule has 0 aliphatic rings. The number of hydrogen-bond acceptors (Lipinski definition) is 3. The molecule has 14 heavy (non-hydrogen) atoms. The zero-order valence-corrected chi connectivity index (χ0v) is 7.44. The molecular formula is C11H9NO2. The van der Waals surface area contributed by atoms with Crippen LogP contribution in [0.25, 0.3) is 0 Å². The lowest BCUT2D eigenvalue weighted by molar-refractivity contribution is 0.103. The van der Waals surface area contributed by atoms with Crippen molar-refractivity contribution in [3.63, 3.8) is 0 Å². The van der Waals surface area contributed by atoms with Gasteiger partial charge < -0.3 is 10.2 Å². The molecular weight excluding hydrogens is 178 g/mol. The fraction of sp³-hybridized carbons (Fsp3) is 0. The van der Waals surface area contributed by atoms with E-state index in [-0.39, 0.29) is 5.78 Å². The molecule has 1 heterocycles. The lowest BCUT2D eigenvalue weighted by atomic mass is 10.1. The number of nitrogen functional groups attached to an aromatic ring is 1. The van der Waals surface area contributed by atoms with Crippen LogP contribution in [0.1, 0.15) is 15.9 Å². The first kappa shape index (κ1) is 8.56. The van der Waals surface area contributed by atoms with Crippen molar-refractivity contribution in [2.24, 2.45) is 0 Å². The van der Waals surface area contributed by atoms with Gasteiger partial charge in [-0.15, -0.1) is 0 Å². The van der Waals surface area contributed by atoms with Crippen molar-refractivity contribution >= 4 is 11.5 Å². The Morgan fingerprint density at radius 3 is 2.36 bits per heavy atom. The first-order valence-corrected chi connectivity index (χ1v) is 4.20. The van der Waals surface area contributed by atoms with Gasteiger partial charge in [0.05, 0.1) is 11.8 Å². The summed E-state index contributed by atoms with van der Waals surface area (Å²) in [7, 11) is 0. The average molecular weight is 187 g/mol. The number of nitrogens with two attached hydrogens (primary N) is 1. The number of benzene rings is 1. The van der Waals surface area contributed by atoms with Crippen molar-refractivity contribution in [2.45, 2.75) is 0 Å². The van der Waals surface area contributed by atoms with E-state index in [9.17, 15) is 4.79 Å². The van der Waals surface area contributed by atoms with E-state index in [1.54, 1.807) is 30.3 Å². The second-order valence-corrected chi connectivity index (χ2v) is 2.96. The van der Waals surface area contributed by atoms with Crippen molar-refractivity contribution in [1.29, 1.82) is 0 Å². The number of furan rings is 1. The van der Waals surface area contributed by atoms with E-state index in [2.05, 4.69) is 0 Å². The van der Waals surface area contributed by atoms with E-state index < -0.39 is 0 Å². The molecule has 3 heteroatoms. The Balaban J connectivity index is 2.33. The quantitative estimate of drug-likeness (QED) is 0.578. The van der Waals surface area contributed by atoms with E-state index in [1.807, 2.05) is 0 Å². The Morgan fingerprint density at radius 1 is 1.07 bits per heavy atom. The first-order chi connectivity index (χ1) is 6.77. The lowest BCUT2D eigenvalue weighted by Gasteiger charge is -1.97. The predicted octanol–water partition coefficient (Wildman–Crippen LogP) is 2.09. The van der Waals surface area contributed by atoms with E-state index in [0.717, 1.165) is 0 Å². The molecule has 1 aromatic carbocycles. The number of rotatable bonds is 2. The molecule has 0 saturated heterocycles. The van der Waals surface area contributed by atoms with Gasteiger partial charge in [0.2, 0.25) is 0 Å². The molecule has 3 nitrogen and oxygen atoms in total. The molecule has 0 saturated carbocycles. The largest absolute Gasteiger partial charge is 0.472 e. The monoisotopic (exact) mass is 187 g/mol. The highest BCUT2D eigenvalue weighted by Gasteiger charge is 2.08. The van der Waals surface area contributed by atoms with Crippen LogP contribution >= 0.6 is 0 Å². The summed E-state index contributed by atoms with van der Waals surface area (Å²) in [5.41, 5.74) is 7.33. The summed E-state index contributed by atoms with van der Waals surface area (Å²) in [6.07, 6.45) is 2.91. The van der Waals surface area contributed by atoms with Crippen molar-refractivity contribution in [3.8, 4) is 0 Å². The van der Waals surface area contributed by atoms with Crippen LogP contribution in [0.4, 0.5) is 5.69 Å². The van der Waals surface area contributed by atoms with Crippen LogP contribution in [0.15, 0.2) is 47.3 Å². The van der Waals surface area contributed by atoms with Crippen molar-refractivity contribution in [2.75, 3.05) is 5.73 Å². The van der Waals surface area contributed by atoms with Crippen molar-refractivity contribution in [3.05, 3.63) is 54.0 Å². The number of anilines is 1. The summed E-state index contributed by atoms with van der Waals surface area (Å²) in [4.78, 5) is 11.7. The molecule has 2 rings (SSSR count). The zero-order chi connectivity index (χ0) is 9.97. The van der Waals surface area contributed by atoms with Crippen LogP contribution in [0.2, 0.25) is 0 Å². The highest BCUT2D eigenvalue weighted by Crippen LogP contribution is 2.11. The van der Waals surface area contributed by atoms with Gasteiger partial charge in [-0.05, 0) is 30.3 Å². The minimum atomic E-state index is -0.0567. The van der Waals surface area contributed by atoms with Crippen molar-refractivity contribution < 1.29 is 9.21 Å². The third-order valence-electron chi connectivity index (χ3n) is 1.96. The highest BCUT2D eigenvalue weighted by atomic mass is 16.3. The van der Waals surface area contributed by atoms with E-state index in [4.69, 9.17) is 10.2 Å². The molecule has 0 amide bonds. The van der Waals surface area contributed by atoms with Crippen LogP contribution in [0, 0.1) is 0 Å². The lowest BCUT2D eigenvalue weighted by Crippen LogP contribution is -1.99. The van der Waals surface area contributed by atoms with E-state index in [1.165, 1.54) is 12.5 Å². The molecule has 1 aromatic heterocycles. The van der Waals surface area contributed by atoms with Crippen LogP contribution in [0.5, 0.6) is 0 Å². The molecule has 2 aromatic rings. The highest BCUT2D eigenvalue weighted by molar-refractivity contribution is 6.08. The summed E-state index contributed by atoms with van der Waals surface area (Å²) < 4.78 is 4.84. The Hall–Kier alpha value is -2.03. The number of hydrogen-bond donors (Lipinski definition) is 1. The van der Waals surface area contributed by atoms with Gasteiger partial charge in [-0.2, -0.15) is 0 Å². The van der Waals surface area contributed by atoms with Gasteiger partial charge in [-0.1, -0.05) is 0 Å². The normalized spacial score (nSPS) is 10.0. The molecule has 0 aliphatic carbocycles. The Morgan fingerprint density at radius 2 is 1.79 bits per heavy atom. The number of carbonyl (C=O) groups excluding carboxylic acids is 1. The van der Waals surface area contributed by atoms with Gasteiger partial charge >= 0.3 is 0 Å². The molecule has 2 N–H and O–H groups in total. The Labute approximate surface area is 81.1 Å². The molecule has 0 atom stereocenters. The maximum atomic E-state index is 11.7. The van der Waals surface area contributed by atoms with E-state index in [0.29, 0.717) is 16.8 Å². The van der Waals surface area contributed by atoms with Crippen molar-refractivity contribution in [1.82, 2.24) is 0 Å². The first-order valence-electron chi connectivity index (χ1n) is 4.20. The standard InChI is InChI=1S/C11H9NO2/c12-10-3-1-8(2-4-10)11(13)9-5-6-14-7-9/h1-7H,12H2. The molecule has 0 radical (unpaired) electrons. The second-order valence-electron chi connectivity index (χ2n) is 2.96. The summed E-state index contributed by atoms with van der Waals surface area (Å²) in [5.74, 6) is -0.0567. The van der Waals surface area contributed by atoms with Gasteiger partial charge in [0.25, 0.3) is 0 Å². The smallest absolute Gasteiger partial charge is 0.196 e. The van der Waals surface area contributed by atoms with Crippen LogP contribution in [0.3, 0.4) is 0 Å². The van der Waals surface area contributed by atoms with Gasteiger partial charge in [-0.25, -0.2) is 0 Å². The molecule has 0 aliphatic heterocycles. The maximum absolute atomic E-state index is 11.7. The summed E-state index contributed by atoms with van der Waals surface area (Å²) >= 11 is 0. The molecule has 0 fully saturated rings. The summed E-state index contributed by atoms with van der Waals surface area (Å²) in [6, 6.07) is 8.44. The minimum absolute atomic E-state index is 0.0567. The summed E-state index contributed by atoms with van der Waals surface area (Å²) in [5, 5.41) is 0. The fourth-order valence-corrected chi connectivity index (χ4v) is 1.19. The summed E-state index contributed by atoms with van der Waals surface area (Å²) in [6.45, 7) is 0. The molecule has 70 valence electrons. The maximum Gasteiger partial charge on any atom is 0.196 e. The van der Waals surface area contributed by atoms with Crippen LogP contribution in [-0.2, 0) is 0 Å². The third-order valence-corrected chi connectivity index (χ3v) is 1.96. The van der Waals surface area contributed by atoms with Gasteiger partial charge in [0.15, 0.2) is 5.78 Å². The SMILES string of the molecule is Nc1ccc(C(=O)c2ccoc2)cc1. The molecule has 0 spiro atoms. The second kappa shape index (κ2) is 3.38. The van der Waals surface area contributed by atoms with Crippen LogP contribution < -0.4 is 5.73 Å². The fourth-order valence-electron chi connectivity index (χ4n) is 1.19. The minimum Gasteiger partial charge on any atom is -0.472 e. The zero-order valence-electron chi connectivity index (χ0n) is 7.44. The topological polar surface area (TPSA) is 56.2 Å². The van der Waals surface area contributed by atoms with E-state index >= 15 is 0 Å². The van der Waals surface area contributed by atoms with Gasteiger partial charge in [-0.3, -0.25) is 4.79 Å². The molecule has 0 unspecified atom stereocenters. The third kappa shape index (κ3) is 1.52. The Kier molecular flexibility index (Phi) is 2.07.